The van der Waals surface area contributed by atoms with Gasteiger partial charge in [-0.3, -0.25) is 5.43 Å². The molecule has 0 aromatic rings. The van der Waals surface area contributed by atoms with Crippen LogP contribution in [-0.4, -0.2) is 61.9 Å². The number of hydrazine groups is 1. The third-order valence-electron chi connectivity index (χ3n) is 7.19. The van der Waals surface area contributed by atoms with Crippen molar-refractivity contribution < 1.29 is 14.3 Å². The van der Waals surface area contributed by atoms with Crippen LogP contribution in [0, 0.1) is 0 Å². The van der Waals surface area contributed by atoms with E-state index in [2.05, 4.69) is 17.7 Å². The number of ether oxygens (including phenoxy) is 1. The third kappa shape index (κ3) is 17.9. The van der Waals surface area contributed by atoms with Crippen molar-refractivity contribution >= 4 is 12.1 Å². The Hall–Kier alpha value is -1.50. The maximum Gasteiger partial charge on any atom is 0.421 e. The molecule has 0 bridgehead atoms. The summed E-state index contributed by atoms with van der Waals surface area (Å²) in [5.41, 5.74) is 2.57. The first-order chi connectivity index (χ1) is 17.5. The minimum atomic E-state index is -0.449. The van der Waals surface area contributed by atoms with Gasteiger partial charge in [0, 0.05) is 39.6 Å². The molecular formula is C29H58N4O3. The number of piperidine rings is 1. The SMILES string of the molecule is CCCCCCCCCCCCCCCCCCNC(=O)N1CCCCC1CCOC(=O)NN(C)C. The van der Waals surface area contributed by atoms with Gasteiger partial charge in [0.15, 0.2) is 0 Å². The number of amides is 3. The number of nitrogens with one attached hydrogen (secondary N) is 2. The monoisotopic (exact) mass is 510 g/mol. The van der Waals surface area contributed by atoms with E-state index in [-0.39, 0.29) is 12.1 Å². The van der Waals surface area contributed by atoms with Crippen LogP contribution in [0.3, 0.4) is 0 Å². The number of carbonyl (C=O) groups is 2. The first-order valence-electron chi connectivity index (χ1n) is 15.2. The van der Waals surface area contributed by atoms with Crippen molar-refractivity contribution in [2.24, 2.45) is 0 Å². The molecule has 212 valence electrons. The van der Waals surface area contributed by atoms with Gasteiger partial charge in [-0.25, -0.2) is 14.6 Å². The first-order valence-corrected chi connectivity index (χ1v) is 15.2. The van der Waals surface area contributed by atoms with E-state index in [4.69, 9.17) is 4.74 Å². The van der Waals surface area contributed by atoms with Gasteiger partial charge in [-0.1, -0.05) is 103 Å². The second-order valence-electron chi connectivity index (χ2n) is 10.8. The van der Waals surface area contributed by atoms with Crippen molar-refractivity contribution in [3.8, 4) is 0 Å². The fraction of sp³-hybridized carbons (Fsp3) is 0.931. The van der Waals surface area contributed by atoms with Crippen LogP contribution >= 0.6 is 0 Å². The summed E-state index contributed by atoms with van der Waals surface area (Å²) in [6.45, 7) is 4.15. The van der Waals surface area contributed by atoms with Gasteiger partial charge in [0.25, 0.3) is 0 Å². The van der Waals surface area contributed by atoms with Crippen LogP contribution in [0.1, 0.15) is 135 Å². The van der Waals surface area contributed by atoms with Crippen LogP contribution in [0.25, 0.3) is 0 Å². The number of unbranched alkanes of at least 4 members (excludes halogenated alkanes) is 15. The molecule has 1 atom stereocenters. The van der Waals surface area contributed by atoms with Gasteiger partial charge in [-0.2, -0.15) is 0 Å². The molecule has 1 heterocycles. The lowest BCUT2D eigenvalue weighted by molar-refractivity contribution is 0.0995. The van der Waals surface area contributed by atoms with Crippen molar-refractivity contribution in [1.29, 1.82) is 0 Å². The Bertz CT molecular complexity index is 545. The van der Waals surface area contributed by atoms with E-state index in [1.807, 2.05) is 4.90 Å². The van der Waals surface area contributed by atoms with Crippen molar-refractivity contribution in [2.75, 3.05) is 33.8 Å². The number of nitrogens with zero attached hydrogens (tertiary/aromatic N) is 2. The van der Waals surface area contributed by atoms with Gasteiger partial charge < -0.3 is 15.0 Å². The summed E-state index contributed by atoms with van der Waals surface area (Å²) < 4.78 is 5.23. The molecule has 1 rings (SSSR count). The van der Waals surface area contributed by atoms with Crippen molar-refractivity contribution in [3.05, 3.63) is 0 Å². The van der Waals surface area contributed by atoms with Crippen LogP contribution in [-0.2, 0) is 4.74 Å². The van der Waals surface area contributed by atoms with Crippen LogP contribution in [0.4, 0.5) is 9.59 Å². The lowest BCUT2D eigenvalue weighted by Gasteiger charge is -2.35. The average molecular weight is 511 g/mol. The molecule has 3 amide bonds. The summed E-state index contributed by atoms with van der Waals surface area (Å²) in [5, 5.41) is 4.67. The van der Waals surface area contributed by atoms with Gasteiger partial charge in [-0.05, 0) is 25.7 Å². The minimum absolute atomic E-state index is 0.0402. The molecule has 0 spiro atoms. The second-order valence-corrected chi connectivity index (χ2v) is 10.8. The lowest BCUT2D eigenvalue weighted by atomic mass is 10.00. The maximum atomic E-state index is 12.7. The van der Waals surface area contributed by atoms with E-state index < -0.39 is 6.09 Å². The number of carbonyl (C=O) groups excluding carboxylic acids is 2. The highest BCUT2D eigenvalue weighted by molar-refractivity contribution is 5.74. The van der Waals surface area contributed by atoms with E-state index >= 15 is 0 Å². The molecule has 36 heavy (non-hydrogen) atoms. The number of hydrogen-bond donors (Lipinski definition) is 2. The highest BCUT2D eigenvalue weighted by atomic mass is 16.6. The Kier molecular flexibility index (Phi) is 20.5. The van der Waals surface area contributed by atoms with E-state index in [1.54, 1.807) is 19.1 Å². The molecule has 1 saturated heterocycles. The summed E-state index contributed by atoms with van der Waals surface area (Å²) in [5.74, 6) is 0. The molecule has 1 fully saturated rings. The Morgan fingerprint density at radius 3 is 1.86 bits per heavy atom. The summed E-state index contributed by atoms with van der Waals surface area (Å²) >= 11 is 0. The van der Waals surface area contributed by atoms with E-state index in [9.17, 15) is 9.59 Å². The molecule has 0 saturated carbocycles. The third-order valence-corrected chi connectivity index (χ3v) is 7.19. The summed E-state index contributed by atoms with van der Waals surface area (Å²) in [6.07, 6.45) is 25.1. The average Bonchev–Trinajstić information content (AvgIpc) is 2.85. The maximum absolute atomic E-state index is 12.7. The van der Waals surface area contributed by atoms with Crippen molar-refractivity contribution in [3.63, 3.8) is 0 Å². The lowest BCUT2D eigenvalue weighted by Crippen LogP contribution is -2.49. The molecule has 0 radical (unpaired) electrons. The summed E-state index contributed by atoms with van der Waals surface area (Å²) in [7, 11) is 3.49. The zero-order valence-electron chi connectivity index (χ0n) is 24.0. The highest BCUT2D eigenvalue weighted by Crippen LogP contribution is 2.20. The van der Waals surface area contributed by atoms with Crippen LogP contribution in [0.2, 0.25) is 0 Å². The zero-order valence-corrected chi connectivity index (χ0v) is 24.0. The Balaban J connectivity index is 1.96. The molecule has 1 unspecified atom stereocenters. The number of rotatable bonds is 21. The fourth-order valence-corrected chi connectivity index (χ4v) is 5.04. The van der Waals surface area contributed by atoms with Gasteiger partial charge in [-0.15, -0.1) is 0 Å². The standard InChI is InChI=1S/C29H58N4O3/c1-4-5-6-7-8-9-10-11-12-13-14-15-16-17-18-20-24-30-28(34)33-25-21-19-22-27(33)23-26-36-29(35)31-32(2)3/h27H,4-26H2,1-3H3,(H,30,34)(H,31,35). The molecule has 7 heteroatoms. The number of hydrogen-bond acceptors (Lipinski definition) is 4. The van der Waals surface area contributed by atoms with E-state index in [0.717, 1.165) is 38.8 Å². The highest BCUT2D eigenvalue weighted by Gasteiger charge is 2.26. The summed E-state index contributed by atoms with van der Waals surface area (Å²) in [4.78, 5) is 26.3. The smallest absolute Gasteiger partial charge is 0.421 e. The Morgan fingerprint density at radius 1 is 0.806 bits per heavy atom. The zero-order chi connectivity index (χ0) is 26.3. The Labute approximate surface area is 222 Å². The first kappa shape index (κ1) is 32.5. The molecule has 2 N–H and O–H groups in total. The van der Waals surface area contributed by atoms with Crippen LogP contribution in [0.15, 0.2) is 0 Å². The van der Waals surface area contributed by atoms with Crippen molar-refractivity contribution in [1.82, 2.24) is 20.7 Å². The molecule has 0 aliphatic carbocycles. The van der Waals surface area contributed by atoms with Crippen LogP contribution in [0.5, 0.6) is 0 Å². The molecule has 1 aliphatic rings. The molecule has 0 aromatic heterocycles. The predicted molar refractivity (Wildman–Crippen MR) is 150 cm³/mol. The normalized spacial score (nSPS) is 15.8. The molecular weight excluding hydrogens is 452 g/mol. The second kappa shape index (κ2) is 22.7. The van der Waals surface area contributed by atoms with Gasteiger partial charge in [0.2, 0.25) is 0 Å². The largest absolute Gasteiger partial charge is 0.449 e. The fourth-order valence-electron chi connectivity index (χ4n) is 5.04. The van der Waals surface area contributed by atoms with Crippen LogP contribution < -0.4 is 10.7 Å². The van der Waals surface area contributed by atoms with E-state index in [0.29, 0.717) is 13.0 Å². The topological polar surface area (TPSA) is 73.9 Å². The molecule has 0 aromatic carbocycles. The van der Waals surface area contributed by atoms with Gasteiger partial charge in [0.1, 0.15) is 0 Å². The molecule has 7 nitrogen and oxygen atoms in total. The van der Waals surface area contributed by atoms with E-state index in [1.165, 1.54) is 96.3 Å². The minimum Gasteiger partial charge on any atom is -0.449 e. The number of urea groups is 1. The molecule has 1 aliphatic heterocycles. The quantitative estimate of drug-likeness (QED) is 0.125. The Morgan fingerprint density at radius 2 is 1.33 bits per heavy atom. The van der Waals surface area contributed by atoms with Crippen molar-refractivity contribution in [2.45, 2.75) is 141 Å². The van der Waals surface area contributed by atoms with Gasteiger partial charge >= 0.3 is 12.1 Å². The van der Waals surface area contributed by atoms with Gasteiger partial charge in [0.05, 0.1) is 6.61 Å². The summed E-state index contributed by atoms with van der Waals surface area (Å²) in [6, 6.07) is 0.190. The number of likely N-dealkylation sites (tertiary alicyclic amines) is 1. The predicted octanol–water partition coefficient (Wildman–Crippen LogP) is 7.40.